The van der Waals surface area contributed by atoms with E-state index in [0.29, 0.717) is 22.8 Å². The Labute approximate surface area is 175 Å². The molecule has 1 aromatic carbocycles. The first kappa shape index (κ1) is 21.2. The normalized spacial score (nSPS) is 13.6. The maximum absolute atomic E-state index is 12.4. The van der Waals surface area contributed by atoms with E-state index in [0.717, 1.165) is 18.4 Å². The molecular weight excluding hydrogens is 388 g/mol. The van der Waals surface area contributed by atoms with E-state index >= 15 is 0 Å². The number of amides is 2. The highest BCUT2D eigenvalue weighted by molar-refractivity contribution is 7.14. The van der Waals surface area contributed by atoms with Gasteiger partial charge in [0, 0.05) is 11.3 Å². The number of benzene rings is 1. The van der Waals surface area contributed by atoms with Crippen LogP contribution in [0.15, 0.2) is 24.3 Å². The zero-order valence-electron chi connectivity index (χ0n) is 17.0. The van der Waals surface area contributed by atoms with Crippen molar-refractivity contribution in [2.75, 3.05) is 14.2 Å². The lowest BCUT2D eigenvalue weighted by atomic mass is 10.00. The van der Waals surface area contributed by atoms with Gasteiger partial charge in [0.05, 0.1) is 19.1 Å². The summed E-state index contributed by atoms with van der Waals surface area (Å²) >= 11 is 1.54. The third-order valence-electron chi connectivity index (χ3n) is 5.14. The standard InChI is InChI=1S/C22H28N2O4S/c1-27-17-10-7-9-15(21(17)28-2)12-13-20(25)23-24-22(26)19-14-16-8-5-3-4-6-11-18(16)29-19/h7,9-10,14H,3-6,8,11-13H2,1-2H3,(H,23,25)(H,24,26). The molecule has 0 fully saturated rings. The number of ether oxygens (including phenoxy) is 2. The van der Waals surface area contributed by atoms with Crippen LogP contribution < -0.4 is 20.3 Å². The van der Waals surface area contributed by atoms with E-state index in [9.17, 15) is 9.59 Å². The van der Waals surface area contributed by atoms with Gasteiger partial charge >= 0.3 is 0 Å². The van der Waals surface area contributed by atoms with Crippen LogP contribution in [-0.2, 0) is 24.1 Å². The third kappa shape index (κ3) is 5.50. The first-order valence-corrected chi connectivity index (χ1v) is 10.8. The van der Waals surface area contributed by atoms with E-state index in [1.807, 2.05) is 24.3 Å². The molecule has 2 aromatic rings. The summed E-state index contributed by atoms with van der Waals surface area (Å²) in [6.07, 6.45) is 7.65. The molecule has 0 spiro atoms. The van der Waals surface area contributed by atoms with Gasteiger partial charge in [-0.25, -0.2) is 0 Å². The van der Waals surface area contributed by atoms with Gasteiger partial charge in [-0.1, -0.05) is 25.0 Å². The van der Waals surface area contributed by atoms with Gasteiger partial charge in [-0.05, 0) is 55.4 Å². The van der Waals surface area contributed by atoms with Crippen molar-refractivity contribution in [1.29, 1.82) is 0 Å². The molecule has 0 unspecified atom stereocenters. The maximum atomic E-state index is 12.4. The van der Waals surface area contributed by atoms with E-state index in [1.54, 1.807) is 25.6 Å². The average Bonchev–Trinajstić information content (AvgIpc) is 3.11. The third-order valence-corrected chi connectivity index (χ3v) is 6.38. The summed E-state index contributed by atoms with van der Waals surface area (Å²) in [4.78, 5) is 26.6. The van der Waals surface area contributed by atoms with Crippen LogP contribution in [-0.4, -0.2) is 26.0 Å². The first-order valence-electron chi connectivity index (χ1n) is 10.0. The summed E-state index contributed by atoms with van der Waals surface area (Å²) < 4.78 is 10.7. The number of carbonyl (C=O) groups excluding carboxylic acids is 2. The molecule has 1 aliphatic carbocycles. The van der Waals surface area contributed by atoms with Crippen molar-refractivity contribution in [3.8, 4) is 11.5 Å². The molecule has 0 bridgehead atoms. The molecule has 1 heterocycles. The second-order valence-corrected chi connectivity index (χ2v) is 8.26. The molecule has 3 rings (SSSR count). The Morgan fingerprint density at radius 3 is 2.59 bits per heavy atom. The predicted molar refractivity (Wildman–Crippen MR) is 114 cm³/mol. The number of nitrogens with one attached hydrogen (secondary N) is 2. The number of hydrazine groups is 1. The molecule has 6 nitrogen and oxygen atoms in total. The fourth-order valence-electron chi connectivity index (χ4n) is 3.61. The number of methoxy groups -OCH3 is 2. The minimum Gasteiger partial charge on any atom is -0.493 e. The number of para-hydroxylation sites is 1. The van der Waals surface area contributed by atoms with Crippen molar-refractivity contribution in [2.24, 2.45) is 0 Å². The van der Waals surface area contributed by atoms with Crippen LogP contribution >= 0.6 is 11.3 Å². The van der Waals surface area contributed by atoms with Crippen LogP contribution in [0.5, 0.6) is 11.5 Å². The maximum Gasteiger partial charge on any atom is 0.279 e. The summed E-state index contributed by atoms with van der Waals surface area (Å²) in [5, 5.41) is 0. The van der Waals surface area contributed by atoms with E-state index < -0.39 is 0 Å². The Kier molecular flexibility index (Phi) is 7.52. The molecular formula is C22H28N2O4S. The largest absolute Gasteiger partial charge is 0.493 e. The Hall–Kier alpha value is -2.54. The summed E-state index contributed by atoms with van der Waals surface area (Å²) in [6.45, 7) is 0. The topological polar surface area (TPSA) is 76.7 Å². The first-order chi connectivity index (χ1) is 14.1. The van der Waals surface area contributed by atoms with Crippen LogP contribution in [0.25, 0.3) is 0 Å². The monoisotopic (exact) mass is 416 g/mol. The molecule has 29 heavy (non-hydrogen) atoms. The Morgan fingerprint density at radius 2 is 1.83 bits per heavy atom. The van der Waals surface area contributed by atoms with E-state index in [-0.39, 0.29) is 18.2 Å². The molecule has 0 radical (unpaired) electrons. The Balaban J connectivity index is 1.52. The molecule has 2 N–H and O–H groups in total. The van der Waals surface area contributed by atoms with Gasteiger partial charge in [0.15, 0.2) is 11.5 Å². The summed E-state index contributed by atoms with van der Waals surface area (Å²) in [6, 6.07) is 7.55. The zero-order valence-corrected chi connectivity index (χ0v) is 17.8. The van der Waals surface area contributed by atoms with E-state index in [2.05, 4.69) is 10.9 Å². The van der Waals surface area contributed by atoms with Crippen LogP contribution in [0.2, 0.25) is 0 Å². The molecule has 0 saturated carbocycles. The van der Waals surface area contributed by atoms with Crippen molar-refractivity contribution >= 4 is 23.2 Å². The highest BCUT2D eigenvalue weighted by atomic mass is 32.1. The minimum atomic E-state index is -0.256. The molecule has 7 heteroatoms. The lowest BCUT2D eigenvalue weighted by Gasteiger charge is -2.12. The van der Waals surface area contributed by atoms with Gasteiger partial charge < -0.3 is 9.47 Å². The molecule has 1 aliphatic rings. The number of rotatable bonds is 6. The highest BCUT2D eigenvalue weighted by Gasteiger charge is 2.17. The molecule has 156 valence electrons. The molecule has 0 atom stereocenters. The second kappa shape index (κ2) is 10.3. The average molecular weight is 417 g/mol. The predicted octanol–water partition coefficient (Wildman–Crippen LogP) is 3.82. The van der Waals surface area contributed by atoms with Crippen LogP contribution in [0.1, 0.15) is 57.8 Å². The molecule has 0 saturated heterocycles. The number of fused-ring (bicyclic) bond motifs is 1. The molecule has 0 aliphatic heterocycles. The number of hydrogen-bond donors (Lipinski definition) is 2. The quantitative estimate of drug-likeness (QED) is 0.702. The second-order valence-electron chi connectivity index (χ2n) is 7.13. The van der Waals surface area contributed by atoms with Crippen LogP contribution in [0, 0.1) is 0 Å². The number of carbonyl (C=O) groups is 2. The molecule has 1 aromatic heterocycles. The fraction of sp³-hybridized carbons (Fsp3) is 0.455. The fourth-order valence-corrected chi connectivity index (χ4v) is 4.75. The SMILES string of the molecule is COc1cccc(CCC(=O)NNC(=O)c2cc3c(s2)CCCCCC3)c1OC. The van der Waals surface area contributed by atoms with Crippen molar-refractivity contribution in [2.45, 2.75) is 51.4 Å². The zero-order chi connectivity index (χ0) is 20.6. The number of thiophene rings is 1. The lowest BCUT2D eigenvalue weighted by molar-refractivity contribution is -0.121. The lowest BCUT2D eigenvalue weighted by Crippen LogP contribution is -2.41. The molecule has 2 amide bonds. The summed E-state index contributed by atoms with van der Waals surface area (Å²) in [5.41, 5.74) is 7.23. The van der Waals surface area contributed by atoms with Crippen LogP contribution in [0.3, 0.4) is 0 Å². The van der Waals surface area contributed by atoms with Gasteiger partial charge in [0.1, 0.15) is 0 Å². The van der Waals surface area contributed by atoms with Crippen molar-refractivity contribution < 1.29 is 19.1 Å². The minimum absolute atomic E-state index is 0.227. The number of aryl methyl sites for hydroxylation is 3. The van der Waals surface area contributed by atoms with E-state index in [1.165, 1.54) is 36.1 Å². The Morgan fingerprint density at radius 1 is 1.03 bits per heavy atom. The van der Waals surface area contributed by atoms with Crippen molar-refractivity contribution in [3.05, 3.63) is 45.1 Å². The van der Waals surface area contributed by atoms with Gasteiger partial charge in [0.2, 0.25) is 5.91 Å². The smallest absolute Gasteiger partial charge is 0.279 e. The van der Waals surface area contributed by atoms with Crippen molar-refractivity contribution in [1.82, 2.24) is 10.9 Å². The summed E-state index contributed by atoms with van der Waals surface area (Å²) in [7, 11) is 3.15. The van der Waals surface area contributed by atoms with Crippen molar-refractivity contribution in [3.63, 3.8) is 0 Å². The van der Waals surface area contributed by atoms with Gasteiger partial charge in [-0.2, -0.15) is 0 Å². The highest BCUT2D eigenvalue weighted by Crippen LogP contribution is 2.31. The van der Waals surface area contributed by atoms with Crippen LogP contribution in [0.4, 0.5) is 0 Å². The number of hydrogen-bond acceptors (Lipinski definition) is 5. The van der Waals surface area contributed by atoms with Gasteiger partial charge in [-0.3, -0.25) is 20.4 Å². The van der Waals surface area contributed by atoms with Gasteiger partial charge in [-0.15, -0.1) is 11.3 Å². The summed E-state index contributed by atoms with van der Waals surface area (Å²) in [5.74, 6) is 0.752. The van der Waals surface area contributed by atoms with E-state index in [4.69, 9.17) is 9.47 Å². The Bertz CT molecular complexity index is 837. The van der Waals surface area contributed by atoms with Gasteiger partial charge in [0.25, 0.3) is 5.91 Å².